The molecule has 2 nitrogen and oxygen atoms in total. The van der Waals surface area contributed by atoms with Gasteiger partial charge in [-0.05, 0) is 115 Å². The van der Waals surface area contributed by atoms with E-state index in [1.807, 2.05) is 0 Å². The fraction of sp³-hybridized carbons (Fsp3) is 0.967. The van der Waals surface area contributed by atoms with Gasteiger partial charge >= 0.3 is 0 Å². The number of carbonyl (C=O) groups is 1. The number of ketones is 1. The molecule has 2 unspecified atom stereocenters. The Morgan fingerprint density at radius 2 is 1.44 bits per heavy atom. The second-order valence-corrected chi connectivity index (χ2v) is 15.3. The van der Waals surface area contributed by atoms with E-state index in [2.05, 4.69) is 48.5 Å². The molecule has 5 aliphatic carbocycles. The number of carbonyl (C=O) groups excluding carboxylic acids is 1. The molecule has 1 N–H and O–H groups in total. The van der Waals surface area contributed by atoms with Crippen LogP contribution < -0.4 is 0 Å². The maximum Gasteiger partial charge on any atom is 0.141 e. The van der Waals surface area contributed by atoms with E-state index >= 15 is 0 Å². The van der Waals surface area contributed by atoms with Crippen LogP contribution in [0.2, 0.25) is 0 Å². The van der Waals surface area contributed by atoms with Crippen LogP contribution in [0, 0.1) is 56.2 Å². The molecule has 0 aromatic carbocycles. The SMILES string of the molecule is CC1(C)CC[C@]2(C)CC[C@]3(C)[C@H](CC[C@@H]4[C@@]5(C)CCC(=O)C(C)(CO)C5CC[C@]43C)[C@H]2C1. The summed E-state index contributed by atoms with van der Waals surface area (Å²) in [5.74, 6) is 3.10. The number of Topliss-reactive ketones (excluding diaryl/α,β-unsaturated/α-hetero) is 1. The lowest BCUT2D eigenvalue weighted by Gasteiger charge is -2.73. The van der Waals surface area contributed by atoms with Crippen LogP contribution in [0.4, 0.5) is 0 Å². The van der Waals surface area contributed by atoms with E-state index in [1.165, 1.54) is 51.4 Å². The first-order valence-electron chi connectivity index (χ1n) is 13.9. The molecule has 0 aliphatic heterocycles. The monoisotopic (exact) mass is 442 g/mol. The summed E-state index contributed by atoms with van der Waals surface area (Å²) >= 11 is 0. The highest BCUT2D eigenvalue weighted by Gasteiger charge is 2.70. The average molecular weight is 443 g/mol. The van der Waals surface area contributed by atoms with Gasteiger partial charge in [0.05, 0.1) is 12.0 Å². The Balaban J connectivity index is 1.53. The summed E-state index contributed by atoms with van der Waals surface area (Å²) in [4.78, 5) is 13.0. The van der Waals surface area contributed by atoms with Crippen LogP contribution in [0.3, 0.4) is 0 Å². The standard InChI is InChI=1S/C30H50O2/c1-25(2)14-15-26(3)16-17-29(6)20(21(26)18-25)8-9-23-27(4)12-11-24(32)28(5,19-31)22(27)10-13-30(23,29)7/h20-23,31H,8-19H2,1-7H3/t20-,21-,22?,23-,26-,27+,28?,29-,30-/m1/s1. The molecule has 0 amide bonds. The van der Waals surface area contributed by atoms with Gasteiger partial charge in [-0.25, -0.2) is 0 Å². The zero-order chi connectivity index (χ0) is 23.4. The Labute approximate surface area is 197 Å². The Morgan fingerprint density at radius 3 is 2.12 bits per heavy atom. The van der Waals surface area contributed by atoms with Crippen molar-refractivity contribution in [3.63, 3.8) is 0 Å². The number of aliphatic hydroxyl groups excluding tert-OH is 1. The van der Waals surface area contributed by atoms with Gasteiger partial charge < -0.3 is 5.11 Å². The summed E-state index contributed by atoms with van der Waals surface area (Å²) < 4.78 is 0. The molecule has 0 aromatic heterocycles. The minimum absolute atomic E-state index is 0.0327. The van der Waals surface area contributed by atoms with E-state index in [0.29, 0.717) is 45.7 Å². The van der Waals surface area contributed by atoms with Crippen molar-refractivity contribution < 1.29 is 9.90 Å². The molecule has 5 aliphatic rings. The first kappa shape index (κ1) is 23.4. The molecule has 0 spiro atoms. The number of rotatable bonds is 1. The molecule has 5 saturated carbocycles. The average Bonchev–Trinajstić information content (AvgIpc) is 2.73. The molecule has 0 radical (unpaired) electrons. The minimum Gasteiger partial charge on any atom is -0.395 e. The van der Waals surface area contributed by atoms with E-state index in [9.17, 15) is 9.90 Å². The van der Waals surface area contributed by atoms with Gasteiger partial charge in [0.25, 0.3) is 0 Å². The lowest BCUT2D eigenvalue weighted by molar-refractivity contribution is -0.243. The molecule has 5 fully saturated rings. The van der Waals surface area contributed by atoms with Crippen LogP contribution >= 0.6 is 0 Å². The van der Waals surface area contributed by atoms with Gasteiger partial charge in [-0.2, -0.15) is 0 Å². The van der Waals surface area contributed by atoms with Crippen LogP contribution in [-0.2, 0) is 4.79 Å². The summed E-state index contributed by atoms with van der Waals surface area (Å²) in [6.07, 6.45) is 13.9. The van der Waals surface area contributed by atoms with Crippen LogP contribution in [-0.4, -0.2) is 17.5 Å². The maximum atomic E-state index is 13.0. The third-order valence-corrected chi connectivity index (χ3v) is 13.6. The lowest BCUT2D eigenvalue weighted by Crippen LogP contribution is -2.67. The predicted molar refractivity (Wildman–Crippen MR) is 131 cm³/mol. The Morgan fingerprint density at radius 1 is 0.750 bits per heavy atom. The van der Waals surface area contributed by atoms with Crippen molar-refractivity contribution in [3.05, 3.63) is 0 Å². The van der Waals surface area contributed by atoms with Crippen molar-refractivity contribution >= 4 is 5.78 Å². The third-order valence-electron chi connectivity index (χ3n) is 13.6. The lowest BCUT2D eigenvalue weighted by atomic mass is 9.31. The van der Waals surface area contributed by atoms with Gasteiger partial charge in [-0.3, -0.25) is 4.79 Å². The molecule has 0 saturated heterocycles. The molecule has 0 heterocycles. The van der Waals surface area contributed by atoms with E-state index < -0.39 is 5.41 Å². The van der Waals surface area contributed by atoms with Crippen molar-refractivity contribution in [1.82, 2.24) is 0 Å². The topological polar surface area (TPSA) is 37.3 Å². The van der Waals surface area contributed by atoms with E-state index in [-0.39, 0.29) is 12.0 Å². The van der Waals surface area contributed by atoms with Crippen LogP contribution in [0.25, 0.3) is 0 Å². The second-order valence-electron chi connectivity index (χ2n) is 15.3. The van der Waals surface area contributed by atoms with Crippen molar-refractivity contribution in [2.24, 2.45) is 56.2 Å². The minimum atomic E-state index is -0.523. The number of hydrogen-bond acceptors (Lipinski definition) is 2. The predicted octanol–water partition coefficient (Wildman–Crippen LogP) is 7.43. The molecule has 9 atom stereocenters. The highest BCUT2D eigenvalue weighted by molar-refractivity contribution is 5.86. The van der Waals surface area contributed by atoms with Gasteiger partial charge in [0, 0.05) is 6.42 Å². The first-order chi connectivity index (χ1) is 14.8. The highest BCUT2D eigenvalue weighted by atomic mass is 16.3. The molecular weight excluding hydrogens is 392 g/mol. The summed E-state index contributed by atoms with van der Waals surface area (Å²) in [5, 5.41) is 10.4. The van der Waals surface area contributed by atoms with Gasteiger partial charge in [-0.15, -0.1) is 0 Å². The molecule has 0 aromatic rings. The molecular formula is C30H50O2. The van der Waals surface area contributed by atoms with Crippen molar-refractivity contribution in [2.45, 2.75) is 119 Å². The quantitative estimate of drug-likeness (QED) is 0.458. The summed E-state index contributed by atoms with van der Waals surface area (Å²) in [6.45, 7) is 17.7. The fourth-order valence-corrected chi connectivity index (χ4v) is 11.1. The van der Waals surface area contributed by atoms with Gasteiger partial charge in [-0.1, -0.05) is 48.5 Å². The van der Waals surface area contributed by atoms with Crippen molar-refractivity contribution in [3.8, 4) is 0 Å². The van der Waals surface area contributed by atoms with E-state index in [0.717, 1.165) is 24.7 Å². The normalized spacial score (nSPS) is 57.1. The van der Waals surface area contributed by atoms with Gasteiger partial charge in [0.2, 0.25) is 0 Å². The smallest absolute Gasteiger partial charge is 0.141 e. The summed E-state index contributed by atoms with van der Waals surface area (Å²) in [5.41, 5.74) is 1.50. The van der Waals surface area contributed by atoms with Gasteiger partial charge in [0.15, 0.2) is 0 Å². The van der Waals surface area contributed by atoms with Crippen LogP contribution in [0.15, 0.2) is 0 Å². The van der Waals surface area contributed by atoms with Crippen molar-refractivity contribution in [2.75, 3.05) is 6.61 Å². The van der Waals surface area contributed by atoms with Crippen LogP contribution in [0.1, 0.15) is 119 Å². The zero-order valence-corrected chi connectivity index (χ0v) is 22.2. The second kappa shape index (κ2) is 6.86. The number of hydrogen-bond donors (Lipinski definition) is 1. The third kappa shape index (κ3) is 2.77. The molecule has 2 heteroatoms. The first-order valence-corrected chi connectivity index (χ1v) is 13.9. The van der Waals surface area contributed by atoms with Gasteiger partial charge in [0.1, 0.15) is 5.78 Å². The molecule has 182 valence electrons. The van der Waals surface area contributed by atoms with Crippen molar-refractivity contribution in [1.29, 1.82) is 0 Å². The number of aliphatic hydroxyl groups is 1. The molecule has 32 heavy (non-hydrogen) atoms. The van der Waals surface area contributed by atoms with E-state index in [4.69, 9.17) is 0 Å². The maximum absolute atomic E-state index is 13.0. The summed E-state index contributed by atoms with van der Waals surface area (Å²) in [6, 6.07) is 0. The molecule has 0 bridgehead atoms. The Kier molecular flexibility index (Phi) is 5.01. The largest absolute Gasteiger partial charge is 0.395 e. The Hall–Kier alpha value is -0.370. The fourth-order valence-electron chi connectivity index (χ4n) is 11.1. The zero-order valence-electron chi connectivity index (χ0n) is 22.2. The summed E-state index contributed by atoms with van der Waals surface area (Å²) in [7, 11) is 0. The van der Waals surface area contributed by atoms with Crippen LogP contribution in [0.5, 0.6) is 0 Å². The van der Waals surface area contributed by atoms with E-state index in [1.54, 1.807) is 0 Å². The number of fused-ring (bicyclic) bond motifs is 7. The Bertz CT molecular complexity index is 801. The molecule has 5 rings (SSSR count). The highest BCUT2D eigenvalue weighted by Crippen LogP contribution is 2.76.